The predicted octanol–water partition coefficient (Wildman–Crippen LogP) is 6.24. The number of pyridine rings is 1. The molecule has 4 rings (SSSR count). The van der Waals surface area contributed by atoms with E-state index in [0.717, 1.165) is 5.56 Å². The van der Waals surface area contributed by atoms with Gasteiger partial charge < -0.3 is 14.8 Å². The first-order valence-corrected chi connectivity index (χ1v) is 10.7. The lowest BCUT2D eigenvalue weighted by molar-refractivity contribution is -0.206. The van der Waals surface area contributed by atoms with Gasteiger partial charge in [0.1, 0.15) is 11.3 Å². The van der Waals surface area contributed by atoms with Gasteiger partial charge in [0.05, 0.1) is 11.4 Å². The molecule has 0 aliphatic carbocycles. The molecule has 0 amide bonds. The Morgan fingerprint density at radius 3 is 2.47 bits per heavy atom. The minimum atomic E-state index is -4.81. The van der Waals surface area contributed by atoms with Gasteiger partial charge in [0, 0.05) is 40.3 Å². The van der Waals surface area contributed by atoms with Crippen LogP contribution in [0.3, 0.4) is 0 Å². The fraction of sp³-hybridized carbons (Fsp3) is 0.231. The molecule has 0 saturated carbocycles. The second-order valence-electron chi connectivity index (χ2n) is 8.26. The number of anilines is 1. The molecule has 2 N–H and O–H groups in total. The van der Waals surface area contributed by atoms with E-state index in [9.17, 15) is 23.1 Å². The molecule has 0 saturated heterocycles. The molecule has 0 aliphatic heterocycles. The third-order valence-corrected chi connectivity index (χ3v) is 5.72. The van der Waals surface area contributed by atoms with Gasteiger partial charge in [0.15, 0.2) is 11.5 Å². The lowest BCUT2D eigenvalue weighted by Crippen LogP contribution is -2.22. The van der Waals surface area contributed by atoms with Crippen molar-refractivity contribution >= 4 is 16.7 Å². The molecule has 8 heteroatoms. The predicted molar refractivity (Wildman–Crippen MR) is 125 cm³/mol. The summed E-state index contributed by atoms with van der Waals surface area (Å²) in [6.45, 7) is 5.28. The van der Waals surface area contributed by atoms with E-state index in [1.807, 2.05) is 13.0 Å². The van der Waals surface area contributed by atoms with Gasteiger partial charge in [-0.3, -0.25) is 9.78 Å². The number of aliphatic hydroxyl groups is 1. The molecule has 34 heavy (non-hydrogen) atoms. The molecule has 0 bridgehead atoms. The Morgan fingerprint density at radius 1 is 1.06 bits per heavy atom. The molecular weight excluding hydrogens is 445 g/mol. The molecule has 176 valence electrons. The van der Waals surface area contributed by atoms with E-state index >= 15 is 0 Å². The van der Waals surface area contributed by atoms with Crippen LogP contribution in [0.4, 0.5) is 18.9 Å². The fourth-order valence-corrected chi connectivity index (χ4v) is 4.02. The van der Waals surface area contributed by atoms with Gasteiger partial charge in [-0.15, -0.1) is 0 Å². The smallest absolute Gasteiger partial charge is 0.418 e. The minimum Gasteiger partial charge on any atom is -0.455 e. The van der Waals surface area contributed by atoms with Crippen LogP contribution in [-0.4, -0.2) is 16.3 Å². The normalized spacial score (nSPS) is 13.6. The van der Waals surface area contributed by atoms with Crippen molar-refractivity contribution in [2.75, 3.05) is 5.32 Å². The maximum atomic E-state index is 13.2. The van der Waals surface area contributed by atoms with Crippen LogP contribution in [-0.2, 0) is 0 Å². The van der Waals surface area contributed by atoms with Crippen molar-refractivity contribution in [3.63, 3.8) is 0 Å². The second kappa shape index (κ2) is 8.95. The summed E-state index contributed by atoms with van der Waals surface area (Å²) in [7, 11) is 0. The van der Waals surface area contributed by atoms with Crippen LogP contribution in [0.2, 0.25) is 0 Å². The number of hydrogen-bond donors (Lipinski definition) is 2. The molecular formula is C26H23F3N2O3. The summed E-state index contributed by atoms with van der Waals surface area (Å²) < 4.78 is 45.8. The molecule has 2 aromatic heterocycles. The largest absolute Gasteiger partial charge is 0.455 e. The topological polar surface area (TPSA) is 75.4 Å². The molecule has 0 fully saturated rings. The molecule has 5 nitrogen and oxygen atoms in total. The summed E-state index contributed by atoms with van der Waals surface area (Å²) >= 11 is 0. The summed E-state index contributed by atoms with van der Waals surface area (Å²) in [5.74, 6) is 0.385. The number of aliphatic hydroxyl groups excluding tert-OH is 1. The maximum absolute atomic E-state index is 13.2. The molecule has 2 atom stereocenters. The van der Waals surface area contributed by atoms with E-state index in [2.05, 4.69) is 10.3 Å². The standard InChI is InChI=1S/C26H23F3N2O3/c1-14-11-19(16(3)31-21-9-5-4-8-18(21)25(33)26(27,28)29)24-20(12-14)22(32)15(2)23(34-24)17-7-6-10-30-13-17/h4-13,16,25,31,33H,1-3H3. The van der Waals surface area contributed by atoms with E-state index < -0.39 is 18.3 Å². The van der Waals surface area contributed by atoms with Crippen molar-refractivity contribution in [1.29, 1.82) is 0 Å². The van der Waals surface area contributed by atoms with Crippen molar-refractivity contribution in [3.05, 3.63) is 93.4 Å². The number of aryl methyl sites for hydroxylation is 1. The number of para-hydroxylation sites is 1. The first-order valence-electron chi connectivity index (χ1n) is 10.7. The lowest BCUT2D eigenvalue weighted by Gasteiger charge is -2.23. The Morgan fingerprint density at radius 2 is 1.79 bits per heavy atom. The van der Waals surface area contributed by atoms with Crippen molar-refractivity contribution in [1.82, 2.24) is 4.98 Å². The van der Waals surface area contributed by atoms with Crippen LogP contribution < -0.4 is 10.7 Å². The van der Waals surface area contributed by atoms with Crippen LogP contribution in [0, 0.1) is 13.8 Å². The fourth-order valence-electron chi connectivity index (χ4n) is 4.02. The quantitative estimate of drug-likeness (QED) is 0.363. The van der Waals surface area contributed by atoms with E-state index in [1.165, 1.54) is 18.2 Å². The lowest BCUT2D eigenvalue weighted by atomic mass is 9.98. The van der Waals surface area contributed by atoms with E-state index in [1.54, 1.807) is 50.5 Å². The zero-order valence-electron chi connectivity index (χ0n) is 18.8. The van der Waals surface area contributed by atoms with Crippen molar-refractivity contribution in [3.8, 4) is 11.3 Å². The first kappa shape index (κ1) is 23.5. The van der Waals surface area contributed by atoms with Gasteiger partial charge in [0.2, 0.25) is 0 Å². The van der Waals surface area contributed by atoms with E-state index in [-0.39, 0.29) is 16.7 Å². The van der Waals surface area contributed by atoms with Gasteiger partial charge in [-0.05, 0) is 50.6 Å². The van der Waals surface area contributed by atoms with Crippen LogP contribution in [0.1, 0.15) is 41.3 Å². The number of hydrogen-bond acceptors (Lipinski definition) is 5. The Bertz CT molecular complexity index is 1400. The third kappa shape index (κ3) is 4.41. The van der Waals surface area contributed by atoms with Gasteiger partial charge >= 0.3 is 6.18 Å². The number of halogens is 3. The summed E-state index contributed by atoms with van der Waals surface area (Å²) in [6.07, 6.45) is -4.22. The number of aromatic nitrogens is 1. The van der Waals surface area contributed by atoms with Crippen LogP contribution in [0.25, 0.3) is 22.3 Å². The molecule has 0 aliphatic rings. The van der Waals surface area contributed by atoms with Crippen molar-refractivity contribution < 1.29 is 22.7 Å². The monoisotopic (exact) mass is 468 g/mol. The Kier molecular flexibility index (Phi) is 6.18. The molecule has 4 aromatic rings. The van der Waals surface area contributed by atoms with Crippen molar-refractivity contribution in [2.45, 2.75) is 39.1 Å². The average Bonchev–Trinajstić information content (AvgIpc) is 2.81. The number of rotatable bonds is 5. The van der Waals surface area contributed by atoms with Gasteiger partial charge in [-0.1, -0.05) is 24.3 Å². The zero-order chi connectivity index (χ0) is 24.6. The summed E-state index contributed by atoms with van der Waals surface area (Å²) in [5, 5.41) is 13.3. The summed E-state index contributed by atoms with van der Waals surface area (Å²) in [6, 6.07) is 12.3. The highest BCUT2D eigenvalue weighted by atomic mass is 19.4. The number of fused-ring (bicyclic) bond motifs is 1. The van der Waals surface area contributed by atoms with Crippen LogP contribution >= 0.6 is 0 Å². The SMILES string of the molecule is Cc1cc(C(C)Nc2ccccc2C(O)C(F)(F)F)c2oc(-c3cccnc3)c(C)c(=O)c2c1. The van der Waals surface area contributed by atoms with Gasteiger partial charge in [-0.2, -0.15) is 13.2 Å². The van der Waals surface area contributed by atoms with Crippen LogP contribution in [0.15, 0.2) is 70.1 Å². The molecule has 0 spiro atoms. The number of nitrogens with zero attached hydrogens (tertiary/aromatic N) is 1. The van der Waals surface area contributed by atoms with Gasteiger partial charge in [0.25, 0.3) is 0 Å². The maximum Gasteiger partial charge on any atom is 0.418 e. The van der Waals surface area contributed by atoms with Gasteiger partial charge in [-0.25, -0.2) is 0 Å². The number of benzene rings is 2. The average molecular weight is 468 g/mol. The Hall–Kier alpha value is -3.65. The third-order valence-electron chi connectivity index (χ3n) is 5.72. The highest BCUT2D eigenvalue weighted by Gasteiger charge is 2.40. The Labute approximate surface area is 193 Å². The second-order valence-corrected chi connectivity index (χ2v) is 8.26. The van der Waals surface area contributed by atoms with E-state index in [4.69, 9.17) is 4.42 Å². The number of nitrogens with one attached hydrogen (secondary N) is 1. The molecule has 0 radical (unpaired) electrons. The highest BCUT2D eigenvalue weighted by Crippen LogP contribution is 2.38. The Balaban J connectivity index is 1.84. The van der Waals surface area contributed by atoms with E-state index in [0.29, 0.717) is 33.4 Å². The van der Waals surface area contributed by atoms with Crippen LogP contribution in [0.5, 0.6) is 0 Å². The molecule has 2 unspecified atom stereocenters. The zero-order valence-corrected chi connectivity index (χ0v) is 18.8. The van der Waals surface area contributed by atoms with Crippen molar-refractivity contribution in [2.24, 2.45) is 0 Å². The highest BCUT2D eigenvalue weighted by molar-refractivity contribution is 5.84. The summed E-state index contributed by atoms with van der Waals surface area (Å²) in [5.41, 5.74) is 2.50. The minimum absolute atomic E-state index is 0.136. The summed E-state index contributed by atoms with van der Waals surface area (Å²) in [4.78, 5) is 17.3. The molecule has 2 heterocycles. The molecule has 2 aromatic carbocycles. The number of alkyl halides is 3. The first-order chi connectivity index (χ1) is 16.1.